The van der Waals surface area contributed by atoms with Gasteiger partial charge in [-0.2, -0.15) is 0 Å². The monoisotopic (exact) mass is 179 g/mol. The summed E-state index contributed by atoms with van der Waals surface area (Å²) in [6, 6.07) is 0. The zero-order chi connectivity index (χ0) is 9.82. The van der Waals surface area contributed by atoms with Crippen LogP contribution >= 0.6 is 0 Å². The molecule has 0 saturated heterocycles. The number of carboxylic acid groups (broad SMARTS) is 1. The van der Waals surface area contributed by atoms with Gasteiger partial charge in [0, 0.05) is 20.1 Å². The zero-order valence-corrected chi connectivity index (χ0v) is 7.29. The van der Waals surface area contributed by atoms with Gasteiger partial charge >= 0.3 is 0 Å². The molecular formula is C7H17NO4. The molecule has 0 aromatic heterocycles. The zero-order valence-electron chi connectivity index (χ0n) is 7.29. The van der Waals surface area contributed by atoms with Crippen molar-refractivity contribution in [2.45, 2.75) is 13.3 Å². The number of hydrogen-bond acceptors (Lipinski definition) is 4. The van der Waals surface area contributed by atoms with Crippen LogP contribution in [0.4, 0.5) is 0 Å². The molecule has 12 heavy (non-hydrogen) atoms. The second-order valence-electron chi connectivity index (χ2n) is 2.07. The SMILES string of the molecule is CC(=O)O.OCCCNCCO. The maximum Gasteiger partial charge on any atom is 0.300 e. The van der Waals surface area contributed by atoms with Gasteiger partial charge in [-0.1, -0.05) is 0 Å². The molecule has 0 aliphatic rings. The molecule has 0 saturated carbocycles. The van der Waals surface area contributed by atoms with Crippen LogP contribution in [0.15, 0.2) is 0 Å². The predicted molar refractivity (Wildman–Crippen MR) is 45.0 cm³/mol. The van der Waals surface area contributed by atoms with Crippen LogP contribution in [0, 0.1) is 0 Å². The highest BCUT2D eigenvalue weighted by molar-refractivity contribution is 5.62. The molecule has 0 unspecified atom stereocenters. The Hall–Kier alpha value is -0.650. The Balaban J connectivity index is 0. The average Bonchev–Trinajstić information content (AvgIpc) is 1.97. The number of carboxylic acids is 1. The number of aliphatic hydroxyl groups is 2. The molecule has 5 nitrogen and oxygen atoms in total. The van der Waals surface area contributed by atoms with Crippen molar-refractivity contribution >= 4 is 5.97 Å². The first-order chi connectivity index (χ1) is 5.65. The lowest BCUT2D eigenvalue weighted by molar-refractivity contribution is -0.134. The van der Waals surface area contributed by atoms with Crippen molar-refractivity contribution in [2.75, 3.05) is 26.3 Å². The third-order valence-corrected chi connectivity index (χ3v) is 0.800. The molecule has 0 radical (unpaired) electrons. The fourth-order valence-electron chi connectivity index (χ4n) is 0.408. The van der Waals surface area contributed by atoms with Crippen molar-refractivity contribution in [3.63, 3.8) is 0 Å². The van der Waals surface area contributed by atoms with E-state index in [1.54, 1.807) is 0 Å². The second kappa shape index (κ2) is 13.0. The molecular weight excluding hydrogens is 162 g/mol. The van der Waals surface area contributed by atoms with E-state index in [-0.39, 0.29) is 13.2 Å². The minimum Gasteiger partial charge on any atom is -0.481 e. The van der Waals surface area contributed by atoms with Crippen molar-refractivity contribution < 1.29 is 20.1 Å². The number of carbonyl (C=O) groups is 1. The van der Waals surface area contributed by atoms with Gasteiger partial charge in [-0.15, -0.1) is 0 Å². The fourth-order valence-corrected chi connectivity index (χ4v) is 0.408. The number of aliphatic hydroxyl groups excluding tert-OH is 2. The molecule has 0 aliphatic heterocycles. The van der Waals surface area contributed by atoms with Crippen molar-refractivity contribution in [1.82, 2.24) is 5.32 Å². The first-order valence-electron chi connectivity index (χ1n) is 3.77. The Kier molecular flexibility index (Phi) is 15.0. The van der Waals surface area contributed by atoms with Crippen molar-refractivity contribution in [2.24, 2.45) is 0 Å². The van der Waals surface area contributed by atoms with Crippen LogP contribution < -0.4 is 5.32 Å². The standard InChI is InChI=1S/C5H13NO2.C2H4O2/c7-4-1-2-6-3-5-8;1-2(3)4/h6-8H,1-5H2;1H3,(H,3,4). The van der Waals surface area contributed by atoms with Gasteiger partial charge in [-0.05, 0) is 13.0 Å². The molecule has 4 N–H and O–H groups in total. The largest absolute Gasteiger partial charge is 0.481 e. The van der Waals surface area contributed by atoms with E-state index in [0.29, 0.717) is 6.54 Å². The molecule has 0 aromatic carbocycles. The van der Waals surface area contributed by atoms with E-state index in [0.717, 1.165) is 19.9 Å². The lowest BCUT2D eigenvalue weighted by atomic mass is 10.4. The van der Waals surface area contributed by atoms with Crippen LogP contribution in [0.3, 0.4) is 0 Å². The fraction of sp³-hybridized carbons (Fsp3) is 0.857. The van der Waals surface area contributed by atoms with Crippen molar-refractivity contribution in [3.05, 3.63) is 0 Å². The number of aliphatic carboxylic acids is 1. The Labute approximate surface area is 72.0 Å². The van der Waals surface area contributed by atoms with Crippen LogP contribution in [0.25, 0.3) is 0 Å². The molecule has 0 rings (SSSR count). The molecule has 0 fully saturated rings. The van der Waals surface area contributed by atoms with Gasteiger partial charge in [-0.3, -0.25) is 4.79 Å². The van der Waals surface area contributed by atoms with Crippen LogP contribution in [-0.4, -0.2) is 47.6 Å². The van der Waals surface area contributed by atoms with Crippen LogP contribution in [0.2, 0.25) is 0 Å². The third-order valence-electron chi connectivity index (χ3n) is 0.800. The highest BCUT2D eigenvalue weighted by atomic mass is 16.4. The van der Waals surface area contributed by atoms with E-state index in [1.807, 2.05) is 0 Å². The maximum atomic E-state index is 9.00. The van der Waals surface area contributed by atoms with Crippen LogP contribution in [0.5, 0.6) is 0 Å². The molecule has 0 bridgehead atoms. The normalized spacial score (nSPS) is 8.58. The van der Waals surface area contributed by atoms with Crippen LogP contribution in [0.1, 0.15) is 13.3 Å². The smallest absolute Gasteiger partial charge is 0.300 e. The number of nitrogens with one attached hydrogen (secondary N) is 1. The lowest BCUT2D eigenvalue weighted by Crippen LogP contribution is -2.19. The predicted octanol–water partition coefficient (Wildman–Crippen LogP) is -0.958. The molecule has 0 heterocycles. The summed E-state index contributed by atoms with van der Waals surface area (Å²) in [5.74, 6) is -0.833. The van der Waals surface area contributed by atoms with Gasteiger partial charge < -0.3 is 20.6 Å². The summed E-state index contributed by atoms with van der Waals surface area (Å²) in [6.07, 6.45) is 0.764. The van der Waals surface area contributed by atoms with E-state index in [1.165, 1.54) is 0 Å². The summed E-state index contributed by atoms with van der Waals surface area (Å²) in [4.78, 5) is 9.00. The molecule has 0 atom stereocenters. The minimum atomic E-state index is -0.833. The highest BCUT2D eigenvalue weighted by Crippen LogP contribution is 1.69. The first kappa shape index (κ1) is 13.9. The van der Waals surface area contributed by atoms with E-state index in [9.17, 15) is 0 Å². The van der Waals surface area contributed by atoms with E-state index < -0.39 is 5.97 Å². The summed E-state index contributed by atoms with van der Waals surface area (Å²) in [6.45, 7) is 2.89. The Morgan fingerprint density at radius 3 is 2.08 bits per heavy atom. The number of rotatable bonds is 5. The summed E-state index contributed by atoms with van der Waals surface area (Å²) in [7, 11) is 0. The maximum absolute atomic E-state index is 9.00. The first-order valence-corrected chi connectivity index (χ1v) is 3.77. The summed E-state index contributed by atoms with van der Waals surface area (Å²) in [5.41, 5.74) is 0. The van der Waals surface area contributed by atoms with Crippen molar-refractivity contribution in [3.8, 4) is 0 Å². The van der Waals surface area contributed by atoms with Gasteiger partial charge in [0.1, 0.15) is 0 Å². The molecule has 0 aliphatic carbocycles. The van der Waals surface area contributed by atoms with Gasteiger partial charge in [0.15, 0.2) is 0 Å². The topological polar surface area (TPSA) is 89.8 Å². The molecule has 0 aromatic rings. The van der Waals surface area contributed by atoms with E-state index >= 15 is 0 Å². The quantitative estimate of drug-likeness (QED) is 0.408. The molecule has 0 amide bonds. The van der Waals surface area contributed by atoms with Crippen LogP contribution in [-0.2, 0) is 4.79 Å². The summed E-state index contributed by atoms with van der Waals surface area (Å²) >= 11 is 0. The molecule has 74 valence electrons. The van der Waals surface area contributed by atoms with Gasteiger partial charge in [-0.25, -0.2) is 0 Å². The average molecular weight is 179 g/mol. The Bertz CT molecular complexity index is 87.4. The van der Waals surface area contributed by atoms with E-state index in [4.69, 9.17) is 20.1 Å². The Morgan fingerprint density at radius 1 is 1.25 bits per heavy atom. The molecule has 5 heteroatoms. The van der Waals surface area contributed by atoms with Crippen molar-refractivity contribution in [1.29, 1.82) is 0 Å². The van der Waals surface area contributed by atoms with Gasteiger partial charge in [0.2, 0.25) is 0 Å². The summed E-state index contributed by atoms with van der Waals surface area (Å²) < 4.78 is 0. The summed E-state index contributed by atoms with van der Waals surface area (Å²) in [5, 5.41) is 26.8. The highest BCUT2D eigenvalue weighted by Gasteiger charge is 1.81. The van der Waals surface area contributed by atoms with Gasteiger partial charge in [0.25, 0.3) is 5.97 Å². The lowest BCUT2D eigenvalue weighted by Gasteiger charge is -1.97. The third kappa shape index (κ3) is 34.5. The Morgan fingerprint density at radius 2 is 1.75 bits per heavy atom. The van der Waals surface area contributed by atoms with Gasteiger partial charge in [0.05, 0.1) is 6.61 Å². The van der Waals surface area contributed by atoms with E-state index in [2.05, 4.69) is 5.32 Å². The molecule has 0 spiro atoms. The number of hydrogen-bond donors (Lipinski definition) is 4. The second-order valence-corrected chi connectivity index (χ2v) is 2.07. The minimum absolute atomic E-state index is 0.172.